The van der Waals surface area contributed by atoms with Crippen molar-refractivity contribution in [3.8, 4) is 12.5 Å². The van der Waals surface area contributed by atoms with Crippen molar-refractivity contribution in [1.29, 1.82) is 0 Å². The zero-order valence-electron chi connectivity index (χ0n) is 19.8. The summed E-state index contributed by atoms with van der Waals surface area (Å²) in [5.41, 5.74) is 1.65. The monoisotopic (exact) mass is 432 g/mol. The fraction of sp³-hybridized carbons (Fsp3) is 0.731. The van der Waals surface area contributed by atoms with Gasteiger partial charge in [-0.05, 0) is 67.8 Å². The second-order valence-electron chi connectivity index (χ2n) is 9.33. The van der Waals surface area contributed by atoms with Crippen LogP contribution < -0.4 is 0 Å². The van der Waals surface area contributed by atoms with E-state index in [1.165, 1.54) is 31.9 Å². The zero-order valence-corrected chi connectivity index (χ0v) is 19.8. The third-order valence-corrected chi connectivity index (χ3v) is 7.21. The molecular weight excluding hydrogens is 392 g/mol. The van der Waals surface area contributed by atoms with E-state index in [9.17, 15) is 4.79 Å². The van der Waals surface area contributed by atoms with Crippen molar-refractivity contribution in [3.05, 3.63) is 23.5 Å². The first-order valence-corrected chi connectivity index (χ1v) is 11.7. The highest BCUT2D eigenvalue weighted by molar-refractivity contribution is 5.69. The van der Waals surface area contributed by atoms with Gasteiger partial charge in [0, 0.05) is 20.0 Å². The lowest BCUT2D eigenvalue weighted by atomic mass is 9.65. The molecule has 0 bridgehead atoms. The van der Waals surface area contributed by atoms with Crippen LogP contribution in [0.15, 0.2) is 23.5 Å². The molecule has 1 fully saturated rings. The molecule has 5 heteroatoms. The molecular formula is C26H40O5. The van der Waals surface area contributed by atoms with Crippen molar-refractivity contribution >= 4 is 5.97 Å². The largest absolute Gasteiger partial charge is 0.469 e. The minimum Gasteiger partial charge on any atom is -0.469 e. The Morgan fingerprint density at radius 3 is 2.68 bits per heavy atom. The fourth-order valence-electron chi connectivity index (χ4n) is 5.13. The third kappa shape index (κ3) is 7.31. The number of unbranched alkanes of at least 4 members (excludes halogenated alkanes) is 1. The van der Waals surface area contributed by atoms with Crippen LogP contribution in [0.4, 0.5) is 0 Å². The van der Waals surface area contributed by atoms with Gasteiger partial charge in [-0.25, -0.2) is 4.89 Å². The Bertz CT molecular complexity index is 668. The summed E-state index contributed by atoms with van der Waals surface area (Å²) >= 11 is 0. The van der Waals surface area contributed by atoms with E-state index in [1.807, 2.05) is 7.11 Å². The van der Waals surface area contributed by atoms with Crippen LogP contribution in [0.25, 0.3) is 0 Å². The Balaban J connectivity index is 1.91. The van der Waals surface area contributed by atoms with Gasteiger partial charge in [0.05, 0.1) is 13.2 Å². The molecule has 3 atom stereocenters. The normalized spacial score (nSPS) is 23.3. The number of allylic oxidation sites excluding steroid dienone is 4. The van der Waals surface area contributed by atoms with Crippen LogP contribution in [-0.2, 0) is 24.0 Å². The summed E-state index contributed by atoms with van der Waals surface area (Å²) in [4.78, 5) is 21.5. The molecule has 0 aromatic heterocycles. The predicted octanol–water partition coefficient (Wildman–Crippen LogP) is 6.10. The minimum absolute atomic E-state index is 0.159. The van der Waals surface area contributed by atoms with Gasteiger partial charge >= 0.3 is 5.97 Å². The topological polar surface area (TPSA) is 54.0 Å². The summed E-state index contributed by atoms with van der Waals surface area (Å²) in [6.07, 6.45) is 23.0. The number of terminal acetylenes is 1. The summed E-state index contributed by atoms with van der Waals surface area (Å²) in [7, 11) is 3.28. The molecule has 0 N–H and O–H groups in total. The number of ether oxygens (including phenoxy) is 2. The first-order valence-electron chi connectivity index (χ1n) is 11.7. The first kappa shape index (κ1) is 25.3. The van der Waals surface area contributed by atoms with Crippen LogP contribution in [0.5, 0.6) is 0 Å². The maximum absolute atomic E-state index is 11.2. The van der Waals surface area contributed by atoms with Crippen molar-refractivity contribution in [2.75, 3.05) is 14.2 Å². The lowest BCUT2D eigenvalue weighted by Gasteiger charge is -2.44. The van der Waals surface area contributed by atoms with E-state index in [2.05, 4.69) is 36.8 Å². The van der Waals surface area contributed by atoms with Crippen molar-refractivity contribution in [1.82, 2.24) is 0 Å². The van der Waals surface area contributed by atoms with Gasteiger partial charge in [-0.3, -0.25) is 9.68 Å². The molecule has 1 saturated carbocycles. The van der Waals surface area contributed by atoms with Crippen LogP contribution in [0, 0.1) is 29.8 Å². The molecule has 5 nitrogen and oxygen atoms in total. The molecule has 0 amide bonds. The van der Waals surface area contributed by atoms with E-state index in [0.29, 0.717) is 29.8 Å². The summed E-state index contributed by atoms with van der Waals surface area (Å²) in [6, 6.07) is 0. The summed E-state index contributed by atoms with van der Waals surface area (Å²) in [5, 5.41) is 0. The Morgan fingerprint density at radius 2 is 2.06 bits per heavy atom. The minimum atomic E-state index is -0.159. The number of hydrogen-bond acceptors (Lipinski definition) is 5. The molecule has 1 unspecified atom stereocenters. The number of hydrogen-bond donors (Lipinski definition) is 0. The quantitative estimate of drug-likeness (QED) is 0.0829. The molecule has 0 saturated heterocycles. The fourth-order valence-corrected chi connectivity index (χ4v) is 5.13. The van der Waals surface area contributed by atoms with Gasteiger partial charge in [0.1, 0.15) is 0 Å². The van der Waals surface area contributed by atoms with Crippen molar-refractivity contribution in [3.63, 3.8) is 0 Å². The molecule has 2 rings (SSSR count). The summed E-state index contributed by atoms with van der Waals surface area (Å²) in [6.45, 7) is 4.64. The summed E-state index contributed by atoms with van der Waals surface area (Å²) in [5.74, 6) is 1.68. The van der Waals surface area contributed by atoms with Crippen molar-refractivity contribution in [2.45, 2.75) is 90.6 Å². The van der Waals surface area contributed by atoms with Gasteiger partial charge in [-0.1, -0.05) is 45.3 Å². The Labute approximate surface area is 188 Å². The van der Waals surface area contributed by atoms with E-state index in [4.69, 9.17) is 20.9 Å². The van der Waals surface area contributed by atoms with Gasteiger partial charge in [0.2, 0.25) is 0 Å². The van der Waals surface area contributed by atoms with Crippen LogP contribution in [0.2, 0.25) is 0 Å². The standard InChI is InChI=1S/C26H40O5/c1-6-30-31-23-19-20(2)21(14-11-15-24(28-4)26(3)17-12-18-26)22(23)13-9-7-8-10-16-25(27)29-5/h1,7,9,20-21,24H,8,10-19H2,2-5H3/b9-7-/t20-,21+,24?/m1/s1. The molecule has 0 aromatic rings. The van der Waals surface area contributed by atoms with E-state index in [0.717, 1.165) is 50.7 Å². The average molecular weight is 433 g/mol. The summed E-state index contributed by atoms with van der Waals surface area (Å²) < 4.78 is 10.5. The molecule has 2 aliphatic rings. The smallest absolute Gasteiger partial charge is 0.305 e. The highest BCUT2D eigenvalue weighted by atomic mass is 17.2. The molecule has 0 radical (unpaired) electrons. The lowest BCUT2D eigenvalue weighted by molar-refractivity contribution is -0.200. The van der Waals surface area contributed by atoms with E-state index >= 15 is 0 Å². The lowest BCUT2D eigenvalue weighted by Crippen LogP contribution is -2.39. The maximum Gasteiger partial charge on any atom is 0.305 e. The average Bonchev–Trinajstić information content (AvgIpc) is 3.04. The van der Waals surface area contributed by atoms with E-state index in [1.54, 1.807) is 0 Å². The number of rotatable bonds is 14. The predicted molar refractivity (Wildman–Crippen MR) is 122 cm³/mol. The van der Waals surface area contributed by atoms with Crippen molar-refractivity contribution in [2.24, 2.45) is 17.3 Å². The number of carbonyl (C=O) groups excluding carboxylic acids is 1. The van der Waals surface area contributed by atoms with Crippen LogP contribution in [0.3, 0.4) is 0 Å². The van der Waals surface area contributed by atoms with Gasteiger partial charge < -0.3 is 9.47 Å². The molecule has 0 aromatic carbocycles. The maximum atomic E-state index is 11.2. The molecule has 0 spiro atoms. The first-order chi connectivity index (χ1) is 14.9. The van der Waals surface area contributed by atoms with Gasteiger partial charge in [0.25, 0.3) is 0 Å². The third-order valence-electron chi connectivity index (χ3n) is 7.21. The SMILES string of the molecule is C#COOC1=C(C/C=C\CCCC(=O)OC)[C@@H](CCCC(OC)C2(C)CCC2)[C@H](C)C1. The Hall–Kier alpha value is -1.93. The Kier molecular flexibility index (Phi) is 10.5. The molecule has 174 valence electrons. The second-order valence-corrected chi connectivity index (χ2v) is 9.33. The molecule has 0 aliphatic heterocycles. The van der Waals surface area contributed by atoms with Crippen molar-refractivity contribution < 1.29 is 24.0 Å². The number of carbonyl (C=O) groups is 1. The number of methoxy groups -OCH3 is 2. The van der Waals surface area contributed by atoms with Gasteiger partial charge in [0.15, 0.2) is 11.9 Å². The van der Waals surface area contributed by atoms with E-state index < -0.39 is 0 Å². The van der Waals surface area contributed by atoms with E-state index in [-0.39, 0.29) is 5.97 Å². The van der Waals surface area contributed by atoms with Crippen LogP contribution in [-0.4, -0.2) is 26.3 Å². The van der Waals surface area contributed by atoms with Gasteiger partial charge in [-0.2, -0.15) is 0 Å². The molecule has 0 heterocycles. The number of esters is 1. The zero-order chi connectivity index (χ0) is 22.7. The van der Waals surface area contributed by atoms with Crippen LogP contribution in [0.1, 0.15) is 84.5 Å². The highest BCUT2D eigenvalue weighted by Crippen LogP contribution is 2.47. The van der Waals surface area contributed by atoms with Crippen LogP contribution >= 0.6 is 0 Å². The molecule has 31 heavy (non-hydrogen) atoms. The molecule has 2 aliphatic carbocycles. The second kappa shape index (κ2) is 12.8. The highest BCUT2D eigenvalue weighted by Gasteiger charge is 2.40. The van der Waals surface area contributed by atoms with Gasteiger partial charge in [-0.15, -0.1) is 0 Å². The Morgan fingerprint density at radius 1 is 1.29 bits per heavy atom.